The zero-order valence-electron chi connectivity index (χ0n) is 6.43. The summed E-state index contributed by atoms with van der Waals surface area (Å²) in [4.78, 5) is 10.4. The van der Waals surface area contributed by atoms with Gasteiger partial charge < -0.3 is 14.0 Å². The zero-order chi connectivity index (χ0) is 9.26. The first-order valence-corrected chi connectivity index (χ1v) is 3.50. The lowest BCUT2D eigenvalue weighted by atomic mass is 10.2. The minimum absolute atomic E-state index is 0.184. The molecule has 2 aromatic heterocycles. The van der Waals surface area contributed by atoms with Crippen molar-refractivity contribution in [3.05, 3.63) is 30.4 Å². The van der Waals surface area contributed by atoms with Gasteiger partial charge in [0.05, 0.1) is 12.5 Å². The van der Waals surface area contributed by atoms with Crippen LogP contribution in [0.1, 0.15) is 10.6 Å². The number of carboxylic acid groups (broad SMARTS) is 1. The van der Waals surface area contributed by atoms with E-state index >= 15 is 0 Å². The van der Waals surface area contributed by atoms with Gasteiger partial charge in [0.15, 0.2) is 0 Å². The molecular formula is C8H5NO4. The number of carbonyl (C=O) groups is 1. The van der Waals surface area contributed by atoms with Crippen LogP contribution in [0.5, 0.6) is 0 Å². The number of rotatable bonds is 2. The first-order valence-electron chi connectivity index (χ1n) is 3.50. The molecule has 2 aromatic rings. The van der Waals surface area contributed by atoms with Crippen molar-refractivity contribution in [1.82, 2.24) is 5.16 Å². The van der Waals surface area contributed by atoms with E-state index in [4.69, 9.17) is 9.52 Å². The zero-order valence-corrected chi connectivity index (χ0v) is 6.43. The summed E-state index contributed by atoms with van der Waals surface area (Å²) in [5, 5.41) is 12.1. The second-order valence-electron chi connectivity index (χ2n) is 2.39. The SMILES string of the molecule is O=C(O)c1cc(-c2ccoc2)no1. The molecule has 0 bridgehead atoms. The number of carboxylic acids is 1. The summed E-state index contributed by atoms with van der Waals surface area (Å²) in [5.74, 6) is -1.32. The Balaban J connectivity index is 2.39. The number of furan rings is 1. The average Bonchev–Trinajstić information content (AvgIpc) is 2.75. The average molecular weight is 179 g/mol. The Bertz CT molecular complexity index is 415. The number of nitrogens with zero attached hydrogens (tertiary/aromatic N) is 1. The lowest BCUT2D eigenvalue weighted by molar-refractivity contribution is 0.0652. The van der Waals surface area contributed by atoms with Crippen LogP contribution < -0.4 is 0 Å². The molecule has 2 heterocycles. The van der Waals surface area contributed by atoms with E-state index in [-0.39, 0.29) is 5.76 Å². The summed E-state index contributed by atoms with van der Waals surface area (Å²) in [7, 11) is 0. The maximum absolute atomic E-state index is 10.4. The first-order chi connectivity index (χ1) is 6.27. The van der Waals surface area contributed by atoms with Crippen LogP contribution in [0.25, 0.3) is 11.3 Å². The molecule has 5 heteroatoms. The van der Waals surface area contributed by atoms with E-state index in [9.17, 15) is 4.79 Å². The van der Waals surface area contributed by atoms with E-state index in [1.165, 1.54) is 18.6 Å². The summed E-state index contributed by atoms with van der Waals surface area (Å²) in [6.45, 7) is 0. The monoisotopic (exact) mass is 179 g/mol. The molecule has 13 heavy (non-hydrogen) atoms. The molecule has 0 atom stereocenters. The number of aromatic nitrogens is 1. The molecule has 0 amide bonds. The third-order valence-corrected chi connectivity index (χ3v) is 1.54. The molecule has 0 saturated heterocycles. The van der Waals surface area contributed by atoms with Crippen molar-refractivity contribution in [3.8, 4) is 11.3 Å². The highest BCUT2D eigenvalue weighted by molar-refractivity contribution is 5.85. The van der Waals surface area contributed by atoms with E-state index in [2.05, 4.69) is 9.68 Å². The predicted molar refractivity (Wildman–Crippen MR) is 41.2 cm³/mol. The largest absolute Gasteiger partial charge is 0.475 e. The van der Waals surface area contributed by atoms with Gasteiger partial charge in [0.25, 0.3) is 0 Å². The second-order valence-corrected chi connectivity index (χ2v) is 2.39. The molecule has 0 aliphatic heterocycles. The minimum atomic E-state index is -1.14. The molecule has 0 saturated carbocycles. The van der Waals surface area contributed by atoms with E-state index < -0.39 is 5.97 Å². The number of hydrogen-bond donors (Lipinski definition) is 1. The van der Waals surface area contributed by atoms with Gasteiger partial charge in [-0.05, 0) is 6.07 Å². The third-order valence-electron chi connectivity index (χ3n) is 1.54. The van der Waals surface area contributed by atoms with Crippen LogP contribution in [0.3, 0.4) is 0 Å². The van der Waals surface area contributed by atoms with Crippen LogP contribution in [0.15, 0.2) is 33.6 Å². The molecule has 0 spiro atoms. The van der Waals surface area contributed by atoms with Crippen LogP contribution in [-0.2, 0) is 0 Å². The second kappa shape index (κ2) is 2.78. The molecule has 0 aliphatic rings. The maximum atomic E-state index is 10.4. The summed E-state index contributed by atoms with van der Waals surface area (Å²) in [6, 6.07) is 3.01. The smallest absolute Gasteiger partial charge is 0.374 e. The van der Waals surface area contributed by atoms with Crippen LogP contribution >= 0.6 is 0 Å². The highest BCUT2D eigenvalue weighted by atomic mass is 16.5. The van der Waals surface area contributed by atoms with Gasteiger partial charge in [-0.1, -0.05) is 5.16 Å². The first kappa shape index (κ1) is 7.60. The van der Waals surface area contributed by atoms with Crippen molar-refractivity contribution < 1.29 is 18.8 Å². The summed E-state index contributed by atoms with van der Waals surface area (Å²) >= 11 is 0. The fourth-order valence-electron chi connectivity index (χ4n) is 0.922. The molecular weight excluding hydrogens is 174 g/mol. The normalized spacial score (nSPS) is 10.2. The maximum Gasteiger partial charge on any atom is 0.374 e. The Morgan fingerprint density at radius 2 is 2.38 bits per heavy atom. The molecule has 0 radical (unpaired) electrons. The Hall–Kier alpha value is -2.04. The Kier molecular flexibility index (Phi) is 1.63. The van der Waals surface area contributed by atoms with Crippen molar-refractivity contribution in [2.75, 3.05) is 0 Å². The summed E-state index contributed by atoms with van der Waals surface area (Å²) in [5.41, 5.74) is 1.14. The summed E-state index contributed by atoms with van der Waals surface area (Å²) < 4.78 is 9.37. The molecule has 66 valence electrons. The fraction of sp³-hybridized carbons (Fsp3) is 0. The molecule has 0 fully saturated rings. The molecule has 0 aliphatic carbocycles. The standard InChI is InChI=1S/C8H5NO4/c10-8(11)7-3-6(9-13-7)5-1-2-12-4-5/h1-4H,(H,10,11). The molecule has 0 aromatic carbocycles. The van der Waals surface area contributed by atoms with Crippen LogP contribution in [0.4, 0.5) is 0 Å². The van der Waals surface area contributed by atoms with Crippen LogP contribution in [0.2, 0.25) is 0 Å². The van der Waals surface area contributed by atoms with Crippen molar-refractivity contribution in [2.24, 2.45) is 0 Å². The lowest BCUT2D eigenvalue weighted by Gasteiger charge is -1.81. The van der Waals surface area contributed by atoms with Crippen molar-refractivity contribution in [2.45, 2.75) is 0 Å². The molecule has 0 unspecified atom stereocenters. The summed E-state index contributed by atoms with van der Waals surface area (Å²) in [6.07, 6.45) is 2.94. The molecule has 1 N–H and O–H groups in total. The van der Waals surface area contributed by atoms with Gasteiger partial charge in [0.2, 0.25) is 5.76 Å². The van der Waals surface area contributed by atoms with Crippen molar-refractivity contribution in [1.29, 1.82) is 0 Å². The highest BCUT2D eigenvalue weighted by Crippen LogP contribution is 2.18. The van der Waals surface area contributed by atoms with Gasteiger partial charge in [0, 0.05) is 11.6 Å². The number of hydrogen-bond acceptors (Lipinski definition) is 4. The topological polar surface area (TPSA) is 76.5 Å². The molecule has 2 rings (SSSR count). The van der Waals surface area contributed by atoms with Gasteiger partial charge in [0.1, 0.15) is 5.69 Å². The highest BCUT2D eigenvalue weighted by Gasteiger charge is 2.12. The third kappa shape index (κ3) is 1.31. The van der Waals surface area contributed by atoms with Gasteiger partial charge in [-0.25, -0.2) is 4.79 Å². The van der Waals surface area contributed by atoms with Gasteiger partial charge in [-0.3, -0.25) is 0 Å². The van der Waals surface area contributed by atoms with Crippen LogP contribution in [0, 0.1) is 0 Å². The lowest BCUT2D eigenvalue weighted by Crippen LogP contribution is -1.91. The minimum Gasteiger partial charge on any atom is -0.475 e. The number of aromatic carboxylic acids is 1. The van der Waals surface area contributed by atoms with Crippen molar-refractivity contribution >= 4 is 5.97 Å². The van der Waals surface area contributed by atoms with Gasteiger partial charge >= 0.3 is 5.97 Å². The fourth-order valence-corrected chi connectivity index (χ4v) is 0.922. The van der Waals surface area contributed by atoms with Crippen molar-refractivity contribution in [3.63, 3.8) is 0 Å². The Labute approximate surface area is 72.6 Å². The Morgan fingerprint density at radius 3 is 2.92 bits per heavy atom. The Morgan fingerprint density at radius 1 is 1.54 bits per heavy atom. The molecule has 5 nitrogen and oxygen atoms in total. The van der Waals surface area contributed by atoms with E-state index in [1.807, 2.05) is 0 Å². The van der Waals surface area contributed by atoms with Gasteiger partial charge in [-0.2, -0.15) is 0 Å². The van der Waals surface area contributed by atoms with Gasteiger partial charge in [-0.15, -0.1) is 0 Å². The van der Waals surface area contributed by atoms with Crippen LogP contribution in [-0.4, -0.2) is 16.2 Å². The predicted octanol–water partition coefficient (Wildman–Crippen LogP) is 1.63. The van der Waals surface area contributed by atoms with E-state index in [0.29, 0.717) is 11.3 Å². The van der Waals surface area contributed by atoms with E-state index in [1.54, 1.807) is 6.07 Å². The quantitative estimate of drug-likeness (QED) is 0.758. The van der Waals surface area contributed by atoms with E-state index in [0.717, 1.165) is 0 Å².